The lowest BCUT2D eigenvalue weighted by Crippen LogP contribution is -2.24. The largest absolute Gasteiger partial charge is 0.394 e. The average molecular weight is 271 g/mol. The van der Waals surface area contributed by atoms with E-state index in [0.29, 0.717) is 0 Å². The average Bonchev–Trinajstić information content (AvgIpc) is 2.95. The van der Waals surface area contributed by atoms with Crippen LogP contribution in [0.3, 0.4) is 0 Å². The molecule has 0 aromatic carbocycles. The minimum absolute atomic E-state index is 0.0331. The summed E-state index contributed by atoms with van der Waals surface area (Å²) in [6, 6.07) is 0. The number of nitrogens with two attached hydrogens (primary N) is 1. The van der Waals surface area contributed by atoms with Crippen molar-refractivity contribution in [1.82, 2.24) is 19.5 Å². The summed E-state index contributed by atoms with van der Waals surface area (Å²) >= 11 is 0. The standard InChI is InChI=1S/C10H13N5O4/c11-10-13-8-7(9(18)14-10)12-3-15(8)6-1-4(17)5(2-16)19-6/h3-6,16-17H,1-2H2,(H3,11,13,14,18)/t4-,5+,6+/m0/s1/i1T,6T/t1-,4+,5-,6-/m1. The molecule has 5 N–H and O–H groups in total. The molecule has 0 unspecified atom stereocenters. The SMILES string of the molecule is [3H][C@@H]1[C@H](O)[C@@H](CO)O[C@@]1([3H])n1cnc2c(=O)[nH]c(N)nc21. The van der Waals surface area contributed by atoms with Gasteiger partial charge in [-0.15, -0.1) is 0 Å². The van der Waals surface area contributed by atoms with Crippen LogP contribution in [0.1, 0.15) is 15.3 Å². The minimum atomic E-state index is -2.07. The number of nitrogen functional groups attached to an aromatic ring is 1. The number of aromatic amines is 1. The number of nitrogens with one attached hydrogen (secondary N) is 1. The second-order valence-electron chi connectivity index (χ2n) is 4.07. The van der Waals surface area contributed by atoms with Crippen molar-refractivity contribution < 1.29 is 17.7 Å². The van der Waals surface area contributed by atoms with Gasteiger partial charge in [0.2, 0.25) is 5.95 Å². The number of anilines is 1. The number of aliphatic hydroxyl groups excluding tert-OH is 2. The Morgan fingerprint density at radius 1 is 1.79 bits per heavy atom. The third kappa shape index (κ3) is 1.87. The first kappa shape index (κ1) is 9.89. The summed E-state index contributed by atoms with van der Waals surface area (Å²) in [7, 11) is 0. The van der Waals surface area contributed by atoms with E-state index in [2.05, 4.69) is 15.0 Å². The molecule has 9 nitrogen and oxygen atoms in total. The second-order valence-corrected chi connectivity index (χ2v) is 4.07. The zero-order chi connectivity index (χ0) is 15.4. The highest BCUT2D eigenvalue weighted by molar-refractivity contribution is 5.70. The van der Waals surface area contributed by atoms with E-state index in [9.17, 15) is 9.90 Å². The maximum Gasteiger partial charge on any atom is 0.280 e. The molecule has 0 amide bonds. The second kappa shape index (κ2) is 4.30. The predicted octanol–water partition coefficient (Wildman–Crippen LogP) is -1.66. The molecular formula is C10H13N5O4. The van der Waals surface area contributed by atoms with Crippen LogP contribution in [0.15, 0.2) is 11.1 Å². The van der Waals surface area contributed by atoms with Crippen molar-refractivity contribution in [2.75, 3.05) is 12.3 Å². The number of ether oxygens (including phenoxy) is 1. The number of H-pyrrole nitrogens is 1. The number of rotatable bonds is 2. The van der Waals surface area contributed by atoms with Crippen molar-refractivity contribution in [3.8, 4) is 0 Å². The fraction of sp³-hybridized carbons (Fsp3) is 0.500. The van der Waals surface area contributed by atoms with Gasteiger partial charge >= 0.3 is 0 Å². The summed E-state index contributed by atoms with van der Waals surface area (Å²) < 4.78 is 22.5. The number of hydrogen-bond donors (Lipinski definition) is 4. The molecule has 3 rings (SSSR count). The topological polar surface area (TPSA) is 139 Å². The molecule has 9 heteroatoms. The Hall–Kier alpha value is -1.97. The van der Waals surface area contributed by atoms with Crippen LogP contribution in [0.2, 0.25) is 0 Å². The van der Waals surface area contributed by atoms with Crippen LogP contribution < -0.4 is 11.3 Å². The summed E-state index contributed by atoms with van der Waals surface area (Å²) in [5.41, 5.74) is 4.78. The van der Waals surface area contributed by atoms with Crippen LogP contribution in [0.25, 0.3) is 11.2 Å². The summed E-state index contributed by atoms with van der Waals surface area (Å²) in [6.07, 6.45) is -4.82. The van der Waals surface area contributed by atoms with E-state index in [1.165, 1.54) is 0 Å². The Kier molecular flexibility index (Phi) is 2.24. The van der Waals surface area contributed by atoms with Crippen LogP contribution in [0, 0.1) is 0 Å². The molecule has 2 aromatic heterocycles. The van der Waals surface area contributed by atoms with Gasteiger partial charge in [0.05, 0.1) is 20.4 Å². The summed E-state index contributed by atoms with van der Waals surface area (Å²) in [6.45, 7) is -0.542. The number of fused-ring (bicyclic) bond motifs is 1. The number of aliphatic hydroxyl groups is 2. The Morgan fingerprint density at radius 2 is 2.58 bits per heavy atom. The first-order valence-electron chi connectivity index (χ1n) is 6.58. The van der Waals surface area contributed by atoms with E-state index >= 15 is 0 Å². The molecule has 19 heavy (non-hydrogen) atoms. The third-order valence-electron chi connectivity index (χ3n) is 2.81. The summed E-state index contributed by atoms with van der Waals surface area (Å²) in [4.78, 5) is 21.7. The molecule has 102 valence electrons. The number of hydrogen-bond acceptors (Lipinski definition) is 7. The Labute approximate surface area is 109 Å². The van der Waals surface area contributed by atoms with Gasteiger partial charge < -0.3 is 20.7 Å². The van der Waals surface area contributed by atoms with Crippen molar-refractivity contribution in [2.24, 2.45) is 0 Å². The van der Waals surface area contributed by atoms with Crippen LogP contribution in [0.5, 0.6) is 0 Å². The zero-order valence-electron chi connectivity index (χ0n) is 11.6. The van der Waals surface area contributed by atoms with Gasteiger partial charge in [-0.25, -0.2) is 4.98 Å². The predicted molar refractivity (Wildman–Crippen MR) is 64.2 cm³/mol. The zero-order valence-corrected chi connectivity index (χ0v) is 9.65. The molecule has 0 radical (unpaired) electrons. The maximum absolute atomic E-state index is 11.7. The lowest BCUT2D eigenvalue weighted by Gasteiger charge is -2.13. The van der Waals surface area contributed by atoms with Gasteiger partial charge in [0.1, 0.15) is 12.3 Å². The van der Waals surface area contributed by atoms with E-state index in [4.69, 9.17) is 18.3 Å². The van der Waals surface area contributed by atoms with E-state index in [0.717, 1.165) is 10.9 Å². The van der Waals surface area contributed by atoms with Crippen molar-refractivity contribution in [1.29, 1.82) is 0 Å². The van der Waals surface area contributed by atoms with Crippen LogP contribution in [-0.4, -0.2) is 48.5 Å². The fourth-order valence-electron chi connectivity index (χ4n) is 1.89. The smallest absolute Gasteiger partial charge is 0.280 e. The lowest BCUT2D eigenvalue weighted by molar-refractivity contribution is -0.0432. The highest BCUT2D eigenvalue weighted by atomic mass is 16.5. The third-order valence-corrected chi connectivity index (χ3v) is 2.81. The van der Waals surface area contributed by atoms with Gasteiger partial charge in [0.15, 0.2) is 11.2 Å². The van der Waals surface area contributed by atoms with Gasteiger partial charge in [-0.1, -0.05) is 0 Å². The first-order valence-corrected chi connectivity index (χ1v) is 5.51. The fourth-order valence-corrected chi connectivity index (χ4v) is 1.89. The van der Waals surface area contributed by atoms with Crippen LogP contribution in [-0.2, 0) is 4.74 Å². The Balaban J connectivity index is 2.19. The lowest BCUT2D eigenvalue weighted by atomic mass is 10.2. The van der Waals surface area contributed by atoms with Crippen LogP contribution in [0.4, 0.5) is 5.95 Å². The Bertz CT molecular complexity index is 749. The quantitative estimate of drug-likeness (QED) is 0.512. The maximum atomic E-state index is 11.7. The molecule has 1 fully saturated rings. The van der Waals surface area contributed by atoms with Gasteiger partial charge in [-0.3, -0.25) is 14.3 Å². The van der Waals surface area contributed by atoms with Crippen molar-refractivity contribution >= 4 is 17.1 Å². The van der Waals surface area contributed by atoms with Gasteiger partial charge in [0.25, 0.3) is 5.56 Å². The first-order chi connectivity index (χ1) is 9.88. The molecule has 1 aliphatic rings. The highest BCUT2D eigenvalue weighted by Gasteiger charge is 2.35. The van der Waals surface area contributed by atoms with Crippen molar-refractivity contribution in [3.63, 3.8) is 0 Å². The van der Waals surface area contributed by atoms with Crippen molar-refractivity contribution in [2.45, 2.75) is 24.8 Å². The number of aromatic nitrogens is 4. The molecule has 3 heterocycles. The number of nitrogens with zero attached hydrogens (tertiary/aromatic N) is 3. The molecule has 0 bridgehead atoms. The van der Waals surface area contributed by atoms with E-state index in [1.54, 1.807) is 0 Å². The molecule has 0 spiro atoms. The molecule has 0 saturated carbocycles. The van der Waals surface area contributed by atoms with Gasteiger partial charge in [0, 0.05) is 7.77 Å². The summed E-state index contributed by atoms with van der Waals surface area (Å²) in [5.74, 6) is -0.170. The Morgan fingerprint density at radius 3 is 3.26 bits per heavy atom. The molecule has 1 saturated heterocycles. The van der Waals surface area contributed by atoms with E-state index in [-0.39, 0.29) is 17.1 Å². The molecule has 0 aliphatic carbocycles. The molecule has 1 aliphatic heterocycles. The van der Waals surface area contributed by atoms with Gasteiger partial charge in [-0.2, -0.15) is 4.98 Å². The van der Waals surface area contributed by atoms with E-state index < -0.39 is 37.0 Å². The molecular weight excluding hydrogens is 254 g/mol. The van der Waals surface area contributed by atoms with Crippen molar-refractivity contribution in [3.05, 3.63) is 16.7 Å². The normalized spacial score (nSPS) is 36.4. The minimum Gasteiger partial charge on any atom is -0.394 e. The summed E-state index contributed by atoms with van der Waals surface area (Å²) in [5, 5.41) is 19.0. The van der Waals surface area contributed by atoms with E-state index in [1.807, 2.05) is 0 Å². The number of imidazole rings is 1. The molecule has 4 atom stereocenters. The van der Waals surface area contributed by atoms with Gasteiger partial charge in [-0.05, 0) is 0 Å². The monoisotopic (exact) mass is 271 g/mol. The molecule has 2 aromatic rings. The van der Waals surface area contributed by atoms with Crippen LogP contribution >= 0.6 is 0 Å². The highest BCUT2D eigenvalue weighted by Crippen LogP contribution is 2.30.